The third kappa shape index (κ3) is 4.46. The molecule has 2 aromatic rings. The molecule has 0 spiro atoms. The lowest BCUT2D eigenvalue weighted by Crippen LogP contribution is -2.30. The van der Waals surface area contributed by atoms with Crippen LogP contribution in [0.4, 0.5) is 13.2 Å². The molecule has 0 saturated heterocycles. The topological polar surface area (TPSA) is 50.1 Å². The van der Waals surface area contributed by atoms with Gasteiger partial charge in [0.1, 0.15) is 29.3 Å². The van der Waals surface area contributed by atoms with E-state index in [4.69, 9.17) is 10.00 Å². The third-order valence-electron chi connectivity index (χ3n) is 6.87. The van der Waals surface area contributed by atoms with E-state index in [2.05, 4.69) is 6.92 Å². The van der Waals surface area contributed by atoms with E-state index in [1.165, 1.54) is 25.0 Å². The summed E-state index contributed by atoms with van der Waals surface area (Å²) in [6, 6.07) is 6.97. The Kier molecular flexibility index (Phi) is 6.04. The summed E-state index contributed by atoms with van der Waals surface area (Å²) in [5.74, 6) is -1.77. The average Bonchev–Trinajstić information content (AvgIpc) is 2.73. The smallest absolute Gasteiger partial charge is 0.343 e. The number of nitrogens with zero attached hydrogens (tertiary/aromatic N) is 1. The van der Waals surface area contributed by atoms with Crippen LogP contribution in [-0.2, 0) is 0 Å². The van der Waals surface area contributed by atoms with Gasteiger partial charge < -0.3 is 4.74 Å². The van der Waals surface area contributed by atoms with Crippen LogP contribution in [0.25, 0.3) is 0 Å². The highest BCUT2D eigenvalue weighted by Gasteiger charge is 2.36. The predicted molar refractivity (Wildman–Crippen MR) is 109 cm³/mol. The molecule has 162 valence electrons. The van der Waals surface area contributed by atoms with Crippen molar-refractivity contribution in [3.05, 3.63) is 64.5 Å². The molecule has 0 N–H and O–H groups in total. The molecule has 0 amide bonds. The van der Waals surface area contributed by atoms with Crippen molar-refractivity contribution in [2.75, 3.05) is 0 Å². The van der Waals surface area contributed by atoms with E-state index in [1.807, 2.05) is 0 Å². The molecule has 4 rings (SSSR count). The summed E-state index contributed by atoms with van der Waals surface area (Å²) < 4.78 is 48.5. The van der Waals surface area contributed by atoms with Crippen LogP contribution in [0, 0.1) is 46.5 Å². The summed E-state index contributed by atoms with van der Waals surface area (Å²) in [7, 11) is 0. The minimum Gasteiger partial charge on any atom is -0.423 e. The Morgan fingerprint density at radius 3 is 2.32 bits per heavy atom. The Bertz CT molecular complexity index is 1020. The van der Waals surface area contributed by atoms with E-state index in [-0.39, 0.29) is 28.4 Å². The quantitative estimate of drug-likeness (QED) is 0.414. The van der Waals surface area contributed by atoms with Gasteiger partial charge in [-0.15, -0.1) is 0 Å². The first-order valence-corrected chi connectivity index (χ1v) is 10.8. The van der Waals surface area contributed by atoms with Gasteiger partial charge in [0.25, 0.3) is 0 Å². The normalized spacial score (nSPS) is 25.4. The zero-order valence-corrected chi connectivity index (χ0v) is 17.3. The van der Waals surface area contributed by atoms with Crippen LogP contribution in [-0.4, -0.2) is 5.97 Å². The maximum atomic E-state index is 14.9. The first-order valence-electron chi connectivity index (χ1n) is 10.8. The largest absolute Gasteiger partial charge is 0.423 e. The lowest BCUT2D eigenvalue weighted by molar-refractivity contribution is 0.0733. The van der Waals surface area contributed by atoms with Gasteiger partial charge in [-0.3, -0.25) is 0 Å². The van der Waals surface area contributed by atoms with Gasteiger partial charge in [-0.1, -0.05) is 13.3 Å². The summed E-state index contributed by atoms with van der Waals surface area (Å²) in [6.45, 7) is 2.27. The first kappa shape index (κ1) is 21.4. The van der Waals surface area contributed by atoms with Crippen molar-refractivity contribution >= 4 is 5.97 Å². The monoisotopic (exact) mass is 427 g/mol. The van der Waals surface area contributed by atoms with Crippen molar-refractivity contribution in [1.29, 1.82) is 5.26 Å². The van der Waals surface area contributed by atoms with Crippen LogP contribution in [0.1, 0.15) is 72.9 Å². The van der Waals surface area contributed by atoms with E-state index < -0.39 is 23.4 Å². The van der Waals surface area contributed by atoms with Gasteiger partial charge in [-0.2, -0.15) is 5.26 Å². The number of rotatable bonds is 3. The summed E-state index contributed by atoms with van der Waals surface area (Å²) in [6.07, 6.45) is 5.97. The Labute approximate surface area is 179 Å². The van der Waals surface area contributed by atoms with Crippen molar-refractivity contribution in [3.8, 4) is 11.8 Å². The van der Waals surface area contributed by atoms with Crippen LogP contribution in [0.5, 0.6) is 5.75 Å². The van der Waals surface area contributed by atoms with Crippen molar-refractivity contribution in [1.82, 2.24) is 0 Å². The highest BCUT2D eigenvalue weighted by molar-refractivity contribution is 5.91. The number of esters is 1. The highest BCUT2D eigenvalue weighted by Crippen LogP contribution is 2.48. The lowest BCUT2D eigenvalue weighted by Gasteiger charge is -2.41. The molecule has 2 saturated carbocycles. The maximum absolute atomic E-state index is 14.9. The average molecular weight is 427 g/mol. The first-order chi connectivity index (χ1) is 14.9. The molecule has 4 atom stereocenters. The SMILES string of the molecule is CC1CCC2CC(c3c(F)cc(C(=O)Oc4ccc(C#N)c(F)c4)cc3F)CCC2C1. The van der Waals surface area contributed by atoms with E-state index in [1.54, 1.807) is 6.07 Å². The Morgan fingerprint density at radius 1 is 0.968 bits per heavy atom. The van der Waals surface area contributed by atoms with Crippen molar-refractivity contribution < 1.29 is 22.7 Å². The number of halogens is 3. The molecule has 6 heteroatoms. The number of nitriles is 1. The summed E-state index contributed by atoms with van der Waals surface area (Å²) in [4.78, 5) is 12.3. The standard InChI is InChI=1S/C25H24F3NO2/c1-14-2-3-16-9-17(5-4-15(16)8-14)24-22(27)10-19(11-23(24)28)25(30)31-20-7-6-18(13-29)21(26)12-20/h6-7,10-12,14-17H,2-5,8-9H2,1H3. The third-order valence-corrected chi connectivity index (χ3v) is 6.87. The van der Waals surface area contributed by atoms with Crippen LogP contribution in [0.3, 0.4) is 0 Å². The van der Waals surface area contributed by atoms with Crippen molar-refractivity contribution in [3.63, 3.8) is 0 Å². The molecule has 2 fully saturated rings. The number of benzene rings is 2. The molecule has 0 heterocycles. The fourth-order valence-electron chi connectivity index (χ4n) is 5.29. The second-order valence-corrected chi connectivity index (χ2v) is 8.94. The van der Waals surface area contributed by atoms with Gasteiger partial charge in [0.05, 0.1) is 11.1 Å². The number of ether oxygens (including phenoxy) is 1. The molecule has 0 bridgehead atoms. The molecule has 31 heavy (non-hydrogen) atoms. The van der Waals surface area contributed by atoms with Crippen LogP contribution in [0.15, 0.2) is 30.3 Å². The summed E-state index contributed by atoms with van der Waals surface area (Å²) in [5.41, 5.74) is -0.412. The highest BCUT2D eigenvalue weighted by atomic mass is 19.1. The van der Waals surface area contributed by atoms with Gasteiger partial charge in [-0.25, -0.2) is 18.0 Å². The van der Waals surface area contributed by atoms with Crippen molar-refractivity contribution in [2.24, 2.45) is 17.8 Å². The molecule has 0 radical (unpaired) electrons. The Balaban J connectivity index is 1.50. The summed E-state index contributed by atoms with van der Waals surface area (Å²) in [5, 5.41) is 8.76. The number of carbonyl (C=O) groups is 1. The zero-order chi connectivity index (χ0) is 22.1. The minimum atomic E-state index is -0.988. The van der Waals surface area contributed by atoms with Gasteiger partial charge in [0.15, 0.2) is 0 Å². The van der Waals surface area contributed by atoms with Crippen LogP contribution >= 0.6 is 0 Å². The molecule has 0 aromatic heterocycles. The fourth-order valence-corrected chi connectivity index (χ4v) is 5.29. The van der Waals surface area contributed by atoms with Crippen molar-refractivity contribution in [2.45, 2.75) is 51.4 Å². The molecular formula is C25H24F3NO2. The number of hydrogen-bond donors (Lipinski definition) is 0. The van der Waals surface area contributed by atoms with E-state index >= 15 is 0 Å². The fraction of sp³-hybridized carbons (Fsp3) is 0.440. The minimum absolute atomic E-state index is 0.0537. The molecule has 2 aromatic carbocycles. The lowest BCUT2D eigenvalue weighted by atomic mass is 9.64. The van der Waals surface area contributed by atoms with Gasteiger partial charge in [0, 0.05) is 11.6 Å². The maximum Gasteiger partial charge on any atom is 0.343 e. The number of hydrogen-bond acceptors (Lipinski definition) is 3. The van der Waals surface area contributed by atoms with Gasteiger partial charge in [-0.05, 0) is 80.0 Å². The number of fused-ring (bicyclic) bond motifs is 1. The van der Waals surface area contributed by atoms with Gasteiger partial charge in [0.2, 0.25) is 0 Å². The van der Waals surface area contributed by atoms with Gasteiger partial charge >= 0.3 is 5.97 Å². The second-order valence-electron chi connectivity index (χ2n) is 8.94. The number of carbonyl (C=O) groups excluding carboxylic acids is 1. The summed E-state index contributed by atoms with van der Waals surface area (Å²) >= 11 is 0. The van der Waals surface area contributed by atoms with E-state index in [9.17, 15) is 18.0 Å². The Hall–Kier alpha value is -2.81. The van der Waals surface area contributed by atoms with E-state index in [0.29, 0.717) is 11.8 Å². The molecule has 0 aliphatic heterocycles. The molecule has 3 nitrogen and oxygen atoms in total. The Morgan fingerprint density at radius 2 is 1.65 bits per heavy atom. The van der Waals surface area contributed by atoms with Crippen LogP contribution < -0.4 is 4.74 Å². The molecule has 2 aliphatic carbocycles. The molecule has 2 aliphatic rings. The zero-order valence-electron chi connectivity index (χ0n) is 17.3. The second kappa shape index (κ2) is 8.74. The van der Waals surface area contributed by atoms with Crippen LogP contribution in [0.2, 0.25) is 0 Å². The predicted octanol–water partition coefficient (Wildman–Crippen LogP) is 6.51. The molecule has 4 unspecified atom stereocenters. The van der Waals surface area contributed by atoms with E-state index in [0.717, 1.165) is 49.8 Å². The molecular weight excluding hydrogens is 403 g/mol.